The number of anilines is 3. The molecular formula is C16H18FN3O. The number of carbonyl (C=O) groups excluding carboxylic acids is 1. The number of nitrogens with zero attached hydrogens (tertiary/aromatic N) is 1. The van der Waals surface area contributed by atoms with E-state index in [1.807, 2.05) is 0 Å². The van der Waals surface area contributed by atoms with Crippen LogP contribution in [0, 0.1) is 12.7 Å². The van der Waals surface area contributed by atoms with Gasteiger partial charge < -0.3 is 16.0 Å². The zero-order valence-electron chi connectivity index (χ0n) is 12.3. The van der Waals surface area contributed by atoms with Gasteiger partial charge in [-0.25, -0.2) is 4.39 Å². The summed E-state index contributed by atoms with van der Waals surface area (Å²) >= 11 is 0. The van der Waals surface area contributed by atoms with E-state index in [1.165, 1.54) is 11.0 Å². The van der Waals surface area contributed by atoms with Crippen LogP contribution in [-0.4, -0.2) is 24.9 Å². The predicted octanol–water partition coefficient (Wildman–Crippen LogP) is 3.16. The molecule has 0 unspecified atom stereocenters. The zero-order chi connectivity index (χ0) is 15.6. The monoisotopic (exact) mass is 287 g/mol. The summed E-state index contributed by atoms with van der Waals surface area (Å²) in [4.78, 5) is 13.7. The molecule has 2 aromatic rings. The Balaban J connectivity index is 2.46. The van der Waals surface area contributed by atoms with Gasteiger partial charge in [0.05, 0.1) is 11.3 Å². The summed E-state index contributed by atoms with van der Waals surface area (Å²) in [5.41, 5.74) is 8.45. The fourth-order valence-corrected chi connectivity index (χ4v) is 1.98. The van der Waals surface area contributed by atoms with Gasteiger partial charge in [0.25, 0.3) is 5.91 Å². The highest BCUT2D eigenvalue weighted by molar-refractivity contribution is 6.00. The van der Waals surface area contributed by atoms with Crippen molar-refractivity contribution in [1.29, 1.82) is 0 Å². The maximum absolute atomic E-state index is 13.6. The second-order valence-electron chi connectivity index (χ2n) is 5.04. The summed E-state index contributed by atoms with van der Waals surface area (Å²) in [6, 6.07) is 9.76. The minimum absolute atomic E-state index is 0.147. The molecule has 2 aromatic carbocycles. The van der Waals surface area contributed by atoms with E-state index in [0.717, 1.165) is 0 Å². The molecule has 0 heterocycles. The number of nitrogens with one attached hydrogen (secondary N) is 1. The second kappa shape index (κ2) is 5.83. The van der Waals surface area contributed by atoms with Crippen LogP contribution in [0.5, 0.6) is 0 Å². The van der Waals surface area contributed by atoms with Crippen molar-refractivity contribution >= 4 is 23.0 Å². The summed E-state index contributed by atoms with van der Waals surface area (Å²) in [6.45, 7) is 1.68. The average Bonchev–Trinajstić information content (AvgIpc) is 2.43. The minimum Gasteiger partial charge on any atom is -0.399 e. The number of carbonyl (C=O) groups is 1. The van der Waals surface area contributed by atoms with Crippen LogP contribution in [0.4, 0.5) is 21.5 Å². The van der Waals surface area contributed by atoms with Crippen LogP contribution >= 0.6 is 0 Å². The van der Waals surface area contributed by atoms with Gasteiger partial charge in [-0.15, -0.1) is 0 Å². The van der Waals surface area contributed by atoms with E-state index in [0.29, 0.717) is 28.2 Å². The molecule has 0 aliphatic rings. The number of hydrogen-bond donors (Lipinski definition) is 2. The number of nitrogen functional groups attached to an aromatic ring is 1. The molecule has 3 N–H and O–H groups in total. The summed E-state index contributed by atoms with van der Waals surface area (Å²) in [5.74, 6) is -0.448. The van der Waals surface area contributed by atoms with Gasteiger partial charge in [0.15, 0.2) is 0 Å². The SMILES string of the molecule is Cc1c(F)cccc1Nc1cc(N)ccc1C(=O)N(C)C. The number of rotatable bonds is 3. The highest BCUT2D eigenvalue weighted by Crippen LogP contribution is 2.27. The van der Waals surface area contributed by atoms with Gasteiger partial charge in [0.2, 0.25) is 0 Å². The normalized spacial score (nSPS) is 10.3. The van der Waals surface area contributed by atoms with Crippen molar-refractivity contribution in [2.45, 2.75) is 6.92 Å². The van der Waals surface area contributed by atoms with E-state index >= 15 is 0 Å². The van der Waals surface area contributed by atoms with Gasteiger partial charge in [-0.05, 0) is 37.3 Å². The van der Waals surface area contributed by atoms with Crippen LogP contribution in [0.25, 0.3) is 0 Å². The number of benzene rings is 2. The molecule has 0 aromatic heterocycles. The molecule has 4 nitrogen and oxygen atoms in total. The van der Waals surface area contributed by atoms with Crippen molar-refractivity contribution in [3.63, 3.8) is 0 Å². The lowest BCUT2D eigenvalue weighted by molar-refractivity contribution is 0.0828. The standard InChI is InChI=1S/C16H18FN3O/c1-10-13(17)5-4-6-14(10)19-15-9-11(18)7-8-12(15)16(21)20(2)3/h4-9,19H,18H2,1-3H3. The molecule has 0 bridgehead atoms. The first kappa shape index (κ1) is 14.8. The van der Waals surface area contributed by atoms with Crippen molar-refractivity contribution in [1.82, 2.24) is 4.90 Å². The van der Waals surface area contributed by atoms with Crippen LogP contribution in [0.1, 0.15) is 15.9 Å². The van der Waals surface area contributed by atoms with Crippen molar-refractivity contribution < 1.29 is 9.18 Å². The maximum atomic E-state index is 13.6. The summed E-state index contributed by atoms with van der Waals surface area (Å²) in [6.07, 6.45) is 0. The van der Waals surface area contributed by atoms with Gasteiger partial charge >= 0.3 is 0 Å². The van der Waals surface area contributed by atoms with Crippen molar-refractivity contribution in [2.75, 3.05) is 25.1 Å². The third-order valence-corrected chi connectivity index (χ3v) is 3.22. The second-order valence-corrected chi connectivity index (χ2v) is 5.04. The van der Waals surface area contributed by atoms with E-state index < -0.39 is 0 Å². The Kier molecular flexibility index (Phi) is 4.12. The zero-order valence-corrected chi connectivity index (χ0v) is 12.3. The molecule has 21 heavy (non-hydrogen) atoms. The fourth-order valence-electron chi connectivity index (χ4n) is 1.98. The van der Waals surface area contributed by atoms with E-state index in [4.69, 9.17) is 5.73 Å². The highest BCUT2D eigenvalue weighted by Gasteiger charge is 2.15. The third-order valence-electron chi connectivity index (χ3n) is 3.22. The topological polar surface area (TPSA) is 58.4 Å². The van der Waals surface area contributed by atoms with Gasteiger partial charge in [-0.2, -0.15) is 0 Å². The number of halogens is 1. The Hall–Kier alpha value is -2.56. The lowest BCUT2D eigenvalue weighted by Gasteiger charge is -2.17. The van der Waals surface area contributed by atoms with E-state index in [9.17, 15) is 9.18 Å². The molecule has 2 rings (SSSR count). The minimum atomic E-state index is -0.301. The lowest BCUT2D eigenvalue weighted by atomic mass is 10.1. The smallest absolute Gasteiger partial charge is 0.255 e. The van der Waals surface area contributed by atoms with Crippen LogP contribution in [0.15, 0.2) is 36.4 Å². The van der Waals surface area contributed by atoms with Crippen LogP contribution in [0.3, 0.4) is 0 Å². The molecule has 0 aliphatic carbocycles. The van der Waals surface area contributed by atoms with Crippen molar-refractivity contribution in [2.24, 2.45) is 0 Å². The molecule has 0 fully saturated rings. The largest absolute Gasteiger partial charge is 0.399 e. The average molecular weight is 287 g/mol. The van der Waals surface area contributed by atoms with Gasteiger partial charge in [0, 0.05) is 31.0 Å². The third kappa shape index (κ3) is 3.13. The van der Waals surface area contributed by atoms with Crippen molar-refractivity contribution in [3.05, 3.63) is 53.3 Å². The van der Waals surface area contributed by atoms with Crippen LogP contribution < -0.4 is 11.1 Å². The Labute approximate surface area is 123 Å². The Morgan fingerprint density at radius 1 is 1.19 bits per heavy atom. The van der Waals surface area contributed by atoms with Gasteiger partial charge in [0.1, 0.15) is 5.82 Å². The highest BCUT2D eigenvalue weighted by atomic mass is 19.1. The molecule has 0 radical (unpaired) electrons. The Bertz CT molecular complexity index is 683. The number of hydrogen-bond acceptors (Lipinski definition) is 3. The van der Waals surface area contributed by atoms with Crippen LogP contribution in [-0.2, 0) is 0 Å². The van der Waals surface area contributed by atoms with E-state index in [2.05, 4.69) is 5.32 Å². The van der Waals surface area contributed by atoms with Crippen LogP contribution in [0.2, 0.25) is 0 Å². The Morgan fingerprint density at radius 2 is 1.90 bits per heavy atom. The molecule has 0 saturated heterocycles. The molecule has 5 heteroatoms. The first-order valence-electron chi connectivity index (χ1n) is 6.53. The molecule has 110 valence electrons. The van der Waals surface area contributed by atoms with Gasteiger partial charge in [-0.3, -0.25) is 4.79 Å². The first-order chi connectivity index (χ1) is 9.90. The molecule has 0 spiro atoms. The molecule has 1 amide bonds. The Morgan fingerprint density at radius 3 is 2.57 bits per heavy atom. The molecular weight excluding hydrogens is 269 g/mol. The van der Waals surface area contributed by atoms with E-state index in [1.54, 1.807) is 51.4 Å². The summed E-state index contributed by atoms with van der Waals surface area (Å²) < 4.78 is 13.6. The summed E-state index contributed by atoms with van der Waals surface area (Å²) in [5, 5.41) is 3.09. The van der Waals surface area contributed by atoms with Gasteiger partial charge in [-0.1, -0.05) is 6.07 Å². The lowest BCUT2D eigenvalue weighted by Crippen LogP contribution is -2.22. The number of nitrogens with two attached hydrogens (primary N) is 1. The quantitative estimate of drug-likeness (QED) is 0.853. The fraction of sp³-hybridized carbons (Fsp3) is 0.188. The molecule has 0 atom stereocenters. The number of amides is 1. The maximum Gasteiger partial charge on any atom is 0.255 e. The summed E-state index contributed by atoms with van der Waals surface area (Å²) in [7, 11) is 3.35. The van der Waals surface area contributed by atoms with Crippen molar-refractivity contribution in [3.8, 4) is 0 Å². The van der Waals surface area contributed by atoms with E-state index in [-0.39, 0.29) is 11.7 Å². The molecule has 0 saturated carbocycles. The first-order valence-corrected chi connectivity index (χ1v) is 6.53. The molecule has 0 aliphatic heterocycles. The predicted molar refractivity (Wildman–Crippen MR) is 83.3 cm³/mol.